The number of pyridine rings is 1. The third-order valence-corrected chi connectivity index (χ3v) is 2.41. The molecule has 1 aromatic rings. The average molecular weight is 237 g/mol. The second-order valence-electron chi connectivity index (χ2n) is 4.29. The van der Waals surface area contributed by atoms with Gasteiger partial charge in [-0.3, -0.25) is 0 Å². The van der Waals surface area contributed by atoms with Crippen LogP contribution in [-0.2, 0) is 0 Å². The summed E-state index contributed by atoms with van der Waals surface area (Å²) in [6.07, 6.45) is 1.80. The maximum absolute atomic E-state index is 5.56. The zero-order chi connectivity index (χ0) is 12.7. The molecule has 96 valence electrons. The van der Waals surface area contributed by atoms with Crippen molar-refractivity contribution in [3.63, 3.8) is 0 Å². The van der Waals surface area contributed by atoms with E-state index in [9.17, 15) is 0 Å². The minimum Gasteiger partial charge on any atom is -0.490 e. The van der Waals surface area contributed by atoms with Crippen LogP contribution in [0.15, 0.2) is 18.3 Å². The van der Waals surface area contributed by atoms with E-state index in [-0.39, 0.29) is 0 Å². The molecular weight excluding hydrogens is 214 g/mol. The molecule has 1 rings (SSSR count). The van der Waals surface area contributed by atoms with Crippen LogP contribution >= 0.6 is 0 Å². The lowest BCUT2D eigenvalue weighted by atomic mass is 10.3. The molecule has 0 aliphatic heterocycles. The van der Waals surface area contributed by atoms with Crippen LogP contribution in [0.25, 0.3) is 0 Å². The molecule has 17 heavy (non-hydrogen) atoms. The average Bonchev–Trinajstić information content (AvgIpc) is 2.29. The quantitative estimate of drug-likeness (QED) is 0.786. The lowest BCUT2D eigenvalue weighted by Crippen LogP contribution is -2.33. The van der Waals surface area contributed by atoms with Crippen molar-refractivity contribution in [1.29, 1.82) is 0 Å². The number of hydrogen-bond donors (Lipinski definition) is 1. The Labute approximate surface area is 104 Å². The van der Waals surface area contributed by atoms with Crippen LogP contribution in [0.1, 0.15) is 20.8 Å². The largest absolute Gasteiger partial charge is 0.490 e. The van der Waals surface area contributed by atoms with Gasteiger partial charge in [0.1, 0.15) is 0 Å². The van der Waals surface area contributed by atoms with E-state index in [0.29, 0.717) is 12.6 Å². The molecule has 0 fully saturated rings. The van der Waals surface area contributed by atoms with Gasteiger partial charge in [-0.1, -0.05) is 13.8 Å². The van der Waals surface area contributed by atoms with E-state index >= 15 is 0 Å². The van der Waals surface area contributed by atoms with Gasteiger partial charge < -0.3 is 15.0 Å². The standard InChI is InChI=1S/C13H23N3O/c1-5-17-12-7-6-8-15-13(12)16(4)10-9-14-11(2)3/h6-8,11,14H,5,9-10H2,1-4H3. The highest BCUT2D eigenvalue weighted by molar-refractivity contribution is 5.51. The molecule has 4 heteroatoms. The molecule has 1 heterocycles. The molecule has 0 aliphatic carbocycles. The third kappa shape index (κ3) is 4.61. The van der Waals surface area contributed by atoms with Crippen molar-refractivity contribution in [2.75, 3.05) is 31.6 Å². The molecule has 0 saturated carbocycles. The van der Waals surface area contributed by atoms with Gasteiger partial charge in [-0.2, -0.15) is 0 Å². The van der Waals surface area contributed by atoms with E-state index < -0.39 is 0 Å². The Balaban J connectivity index is 2.58. The maximum atomic E-state index is 5.56. The summed E-state index contributed by atoms with van der Waals surface area (Å²) in [7, 11) is 2.03. The highest BCUT2D eigenvalue weighted by Gasteiger charge is 2.08. The summed E-state index contributed by atoms with van der Waals surface area (Å²) in [5.41, 5.74) is 0. The lowest BCUT2D eigenvalue weighted by Gasteiger charge is -2.21. The van der Waals surface area contributed by atoms with Gasteiger partial charge >= 0.3 is 0 Å². The maximum Gasteiger partial charge on any atom is 0.171 e. The Hall–Kier alpha value is -1.29. The highest BCUT2D eigenvalue weighted by atomic mass is 16.5. The number of rotatable bonds is 7. The fourth-order valence-electron chi connectivity index (χ4n) is 1.56. The van der Waals surface area contributed by atoms with E-state index in [0.717, 1.165) is 24.7 Å². The van der Waals surface area contributed by atoms with Crippen molar-refractivity contribution in [2.24, 2.45) is 0 Å². The first kappa shape index (κ1) is 13.8. The second-order valence-corrected chi connectivity index (χ2v) is 4.29. The minimum atomic E-state index is 0.512. The van der Waals surface area contributed by atoms with Crippen molar-refractivity contribution in [3.8, 4) is 5.75 Å². The minimum absolute atomic E-state index is 0.512. The number of aromatic nitrogens is 1. The number of nitrogens with zero attached hydrogens (tertiary/aromatic N) is 2. The van der Waals surface area contributed by atoms with Crippen molar-refractivity contribution in [2.45, 2.75) is 26.8 Å². The predicted octanol–water partition coefficient (Wildman–Crippen LogP) is 1.91. The molecule has 0 aliphatic rings. The molecule has 0 spiro atoms. The van der Waals surface area contributed by atoms with Crippen LogP contribution in [0.2, 0.25) is 0 Å². The number of ether oxygens (including phenoxy) is 1. The molecule has 0 saturated heterocycles. The molecule has 0 bridgehead atoms. The molecular formula is C13H23N3O. The van der Waals surface area contributed by atoms with Gasteiger partial charge in [-0.25, -0.2) is 4.98 Å². The summed E-state index contributed by atoms with van der Waals surface area (Å²) in [4.78, 5) is 6.48. The topological polar surface area (TPSA) is 37.4 Å². The summed E-state index contributed by atoms with van der Waals surface area (Å²) in [6.45, 7) is 8.79. The van der Waals surface area contributed by atoms with E-state index in [1.807, 2.05) is 26.1 Å². The monoisotopic (exact) mass is 237 g/mol. The summed E-state index contributed by atoms with van der Waals surface area (Å²) in [6, 6.07) is 4.37. The first-order valence-corrected chi connectivity index (χ1v) is 6.17. The van der Waals surface area contributed by atoms with E-state index in [1.165, 1.54) is 0 Å². The fraction of sp³-hybridized carbons (Fsp3) is 0.615. The van der Waals surface area contributed by atoms with Gasteiger partial charge in [0.25, 0.3) is 0 Å². The van der Waals surface area contributed by atoms with Gasteiger partial charge in [0.2, 0.25) is 0 Å². The molecule has 0 amide bonds. The van der Waals surface area contributed by atoms with Crippen molar-refractivity contribution in [3.05, 3.63) is 18.3 Å². The Morgan fingerprint density at radius 2 is 2.24 bits per heavy atom. The van der Waals surface area contributed by atoms with E-state index in [1.54, 1.807) is 6.20 Å². The van der Waals surface area contributed by atoms with Crippen LogP contribution in [0.5, 0.6) is 5.75 Å². The van der Waals surface area contributed by atoms with Crippen molar-refractivity contribution in [1.82, 2.24) is 10.3 Å². The van der Waals surface area contributed by atoms with E-state index in [2.05, 4.69) is 29.0 Å². The summed E-state index contributed by atoms with van der Waals surface area (Å²) in [5.74, 6) is 1.75. The Kier molecular flexibility index (Phi) is 5.77. The van der Waals surface area contributed by atoms with Gasteiger partial charge in [0, 0.05) is 32.4 Å². The number of anilines is 1. The summed E-state index contributed by atoms with van der Waals surface area (Å²) < 4.78 is 5.56. The van der Waals surface area contributed by atoms with Crippen LogP contribution in [-0.4, -0.2) is 37.8 Å². The summed E-state index contributed by atoms with van der Waals surface area (Å²) >= 11 is 0. The number of hydrogen-bond acceptors (Lipinski definition) is 4. The second kappa shape index (κ2) is 7.12. The molecule has 1 N–H and O–H groups in total. The molecule has 0 unspecified atom stereocenters. The molecule has 0 atom stereocenters. The molecule has 0 aromatic carbocycles. The first-order valence-electron chi connectivity index (χ1n) is 6.17. The Bertz CT molecular complexity index is 328. The van der Waals surface area contributed by atoms with Crippen LogP contribution in [0.3, 0.4) is 0 Å². The van der Waals surface area contributed by atoms with Gasteiger partial charge in [-0.05, 0) is 19.1 Å². The summed E-state index contributed by atoms with van der Waals surface area (Å²) in [5, 5.41) is 3.39. The highest BCUT2D eigenvalue weighted by Crippen LogP contribution is 2.23. The SMILES string of the molecule is CCOc1cccnc1N(C)CCNC(C)C. The van der Waals surface area contributed by atoms with Crippen molar-refractivity contribution < 1.29 is 4.74 Å². The lowest BCUT2D eigenvalue weighted by molar-refractivity contribution is 0.339. The normalized spacial score (nSPS) is 10.6. The van der Waals surface area contributed by atoms with Gasteiger partial charge in [-0.15, -0.1) is 0 Å². The Morgan fingerprint density at radius 3 is 2.88 bits per heavy atom. The number of likely N-dealkylation sites (N-methyl/N-ethyl adjacent to an activating group) is 1. The first-order chi connectivity index (χ1) is 8.15. The smallest absolute Gasteiger partial charge is 0.171 e. The van der Waals surface area contributed by atoms with Crippen LogP contribution in [0, 0.1) is 0 Å². The molecule has 0 radical (unpaired) electrons. The number of nitrogens with one attached hydrogen (secondary N) is 1. The van der Waals surface area contributed by atoms with Crippen LogP contribution in [0.4, 0.5) is 5.82 Å². The van der Waals surface area contributed by atoms with Crippen LogP contribution < -0.4 is 15.0 Å². The molecule has 1 aromatic heterocycles. The van der Waals surface area contributed by atoms with Crippen molar-refractivity contribution >= 4 is 5.82 Å². The van der Waals surface area contributed by atoms with Gasteiger partial charge in [0.15, 0.2) is 11.6 Å². The third-order valence-electron chi connectivity index (χ3n) is 2.41. The zero-order valence-corrected chi connectivity index (χ0v) is 11.2. The fourth-order valence-corrected chi connectivity index (χ4v) is 1.56. The molecule has 4 nitrogen and oxygen atoms in total. The zero-order valence-electron chi connectivity index (χ0n) is 11.2. The van der Waals surface area contributed by atoms with Gasteiger partial charge in [0.05, 0.1) is 6.61 Å². The Morgan fingerprint density at radius 1 is 1.47 bits per heavy atom. The van der Waals surface area contributed by atoms with E-state index in [4.69, 9.17) is 4.74 Å². The predicted molar refractivity (Wildman–Crippen MR) is 71.8 cm³/mol.